The van der Waals surface area contributed by atoms with Gasteiger partial charge in [-0.2, -0.15) is 0 Å². The van der Waals surface area contributed by atoms with E-state index in [1.54, 1.807) is 12.1 Å². The summed E-state index contributed by atoms with van der Waals surface area (Å²) in [5.41, 5.74) is 0. The summed E-state index contributed by atoms with van der Waals surface area (Å²) in [6.07, 6.45) is 0. The molecule has 0 amide bonds. The molecule has 18 heavy (non-hydrogen) atoms. The molecule has 0 aliphatic carbocycles. The van der Waals surface area contributed by atoms with E-state index in [1.165, 1.54) is 6.07 Å². The molecule has 90 valence electrons. The molecular weight excluding hydrogens is 275 g/mol. The van der Waals surface area contributed by atoms with Gasteiger partial charge >= 0.3 is 0 Å². The first-order chi connectivity index (χ1) is 8.38. The Hall–Kier alpha value is -1.83. The maximum absolute atomic E-state index is 13.0. The Morgan fingerprint density at radius 3 is 1.67 bits per heavy atom. The van der Waals surface area contributed by atoms with Crippen molar-refractivity contribution in [2.24, 2.45) is 0 Å². The standard InChI is InChI=1S/C10H7F.3CO.Cr/c11-10-7-3-5-8-4-1-2-6-9(8)10;3*1-2;/h1-7H;;;;. The summed E-state index contributed by atoms with van der Waals surface area (Å²) >= 11 is 0. The van der Waals surface area contributed by atoms with E-state index in [2.05, 4.69) is 20.4 Å². The summed E-state index contributed by atoms with van der Waals surface area (Å²) in [7, 11) is 0. The van der Waals surface area contributed by atoms with Gasteiger partial charge in [0.2, 0.25) is 0 Å². The molecule has 0 aliphatic rings. The predicted octanol–water partition coefficient (Wildman–Crippen LogP) is 1.79. The zero-order chi connectivity index (χ0) is 13.7. The van der Waals surface area contributed by atoms with Crippen LogP contribution in [0.2, 0.25) is 0 Å². The van der Waals surface area contributed by atoms with E-state index < -0.39 is 0 Å². The number of rotatable bonds is 0. The molecule has 0 unspecified atom stereocenters. The molecule has 2 rings (SSSR count). The monoisotopic (exact) mass is 282 g/mol. The van der Waals surface area contributed by atoms with E-state index >= 15 is 0 Å². The number of fused-ring (bicyclic) bond motifs is 1. The van der Waals surface area contributed by atoms with Gasteiger partial charge in [-0.15, -0.1) is 0 Å². The molecule has 0 fully saturated rings. The summed E-state index contributed by atoms with van der Waals surface area (Å²) in [6, 6.07) is 12.5. The van der Waals surface area contributed by atoms with Crippen LogP contribution in [0.15, 0.2) is 42.5 Å². The molecule has 0 bridgehead atoms. The molecular formula is C13H7CrFO3. The van der Waals surface area contributed by atoms with Crippen LogP contribution in [-0.4, -0.2) is 20.4 Å². The first kappa shape index (κ1) is 21.5. The molecule has 0 N–H and O–H groups in total. The molecule has 0 heterocycles. The second-order valence-corrected chi connectivity index (χ2v) is 2.46. The maximum Gasteiger partial charge on any atom is 0.281 e. The third-order valence-electron chi connectivity index (χ3n) is 1.74. The number of hydrogen-bond acceptors (Lipinski definition) is 3. The van der Waals surface area contributed by atoms with E-state index in [1.807, 2.05) is 24.3 Å². The molecule has 2 aromatic rings. The molecule has 0 aromatic heterocycles. The number of benzene rings is 2. The quantitative estimate of drug-likeness (QED) is 0.740. The van der Waals surface area contributed by atoms with Crippen LogP contribution < -0.4 is 0 Å². The van der Waals surface area contributed by atoms with Crippen molar-refractivity contribution in [1.82, 2.24) is 0 Å². The van der Waals surface area contributed by atoms with Gasteiger partial charge in [-0.05, 0) is 11.5 Å². The van der Waals surface area contributed by atoms with Crippen molar-refractivity contribution in [3.05, 3.63) is 48.3 Å². The van der Waals surface area contributed by atoms with Crippen LogP contribution in [0.1, 0.15) is 0 Å². The van der Waals surface area contributed by atoms with Crippen LogP contribution in [0.25, 0.3) is 10.8 Å². The molecule has 5 heteroatoms. The van der Waals surface area contributed by atoms with Crippen LogP contribution in [-0.2, 0) is 31.7 Å². The van der Waals surface area contributed by atoms with Crippen molar-refractivity contribution in [2.45, 2.75) is 0 Å². The number of carbonyl (C=O) groups excluding carboxylic acids is 3. The first-order valence-electron chi connectivity index (χ1n) is 4.12. The fourth-order valence-electron chi connectivity index (χ4n) is 1.19. The van der Waals surface area contributed by atoms with E-state index in [-0.39, 0.29) is 23.2 Å². The Morgan fingerprint density at radius 2 is 1.17 bits per heavy atom. The first-order valence-corrected chi connectivity index (χ1v) is 4.12. The second kappa shape index (κ2) is 15.2. The van der Waals surface area contributed by atoms with E-state index in [0.29, 0.717) is 5.39 Å². The predicted molar refractivity (Wildman–Crippen MR) is 61.0 cm³/mol. The van der Waals surface area contributed by atoms with E-state index in [0.717, 1.165) is 5.39 Å². The summed E-state index contributed by atoms with van der Waals surface area (Å²) in [5.74, 6) is -0.150. The van der Waals surface area contributed by atoms with Gasteiger partial charge in [-0.1, -0.05) is 36.4 Å². The topological polar surface area (TPSA) is 51.2 Å². The summed E-state index contributed by atoms with van der Waals surface area (Å²) in [6.45, 7) is 13.5. The number of halogens is 1. The average Bonchev–Trinajstić information content (AvgIpc) is 2.46. The third kappa shape index (κ3) is 6.69. The normalized spacial score (nSPS) is 6.94. The van der Waals surface area contributed by atoms with Crippen LogP contribution in [0, 0.1) is 5.82 Å². The van der Waals surface area contributed by atoms with E-state index in [4.69, 9.17) is 14.4 Å². The Bertz CT molecular complexity index is 427. The summed E-state index contributed by atoms with van der Waals surface area (Å²) < 4.78 is 13.0. The Labute approximate surface area is 116 Å². The Morgan fingerprint density at radius 1 is 0.722 bits per heavy atom. The van der Waals surface area contributed by atoms with Gasteiger partial charge in [0.05, 0.1) is 0 Å². The van der Waals surface area contributed by atoms with Crippen molar-refractivity contribution in [2.75, 3.05) is 0 Å². The van der Waals surface area contributed by atoms with Crippen LogP contribution in [0.5, 0.6) is 0 Å². The van der Waals surface area contributed by atoms with Crippen LogP contribution >= 0.6 is 0 Å². The summed E-state index contributed by atoms with van der Waals surface area (Å²) in [4.78, 5) is 22.5. The Kier molecular flexibility index (Phi) is 18.1. The molecule has 0 saturated heterocycles. The van der Waals surface area contributed by atoms with Gasteiger partial charge in [-0.3, -0.25) is 14.4 Å². The average molecular weight is 282 g/mol. The van der Waals surface area contributed by atoms with Crippen molar-refractivity contribution >= 4 is 31.1 Å². The van der Waals surface area contributed by atoms with Crippen molar-refractivity contribution in [3.63, 3.8) is 0 Å². The largest absolute Gasteiger partial charge is 0.281 e. The molecule has 6 radical (unpaired) electrons. The molecule has 0 saturated carbocycles. The minimum Gasteiger partial charge on any atom is -0.281 e. The van der Waals surface area contributed by atoms with Crippen molar-refractivity contribution in [3.8, 4) is 0 Å². The fraction of sp³-hybridized carbons (Fsp3) is 0. The molecule has 2 aromatic carbocycles. The van der Waals surface area contributed by atoms with Gasteiger partial charge in [0.25, 0.3) is 20.4 Å². The minimum atomic E-state index is -0.150. The zero-order valence-corrected chi connectivity index (χ0v) is 10.3. The fourth-order valence-corrected chi connectivity index (χ4v) is 1.19. The molecule has 0 spiro atoms. The molecule has 0 aliphatic heterocycles. The second-order valence-electron chi connectivity index (χ2n) is 2.46. The molecule has 3 nitrogen and oxygen atoms in total. The molecule has 0 atom stereocenters. The van der Waals surface area contributed by atoms with Gasteiger partial charge < -0.3 is 0 Å². The van der Waals surface area contributed by atoms with Gasteiger partial charge in [-0.25, -0.2) is 4.39 Å². The smallest absolute Gasteiger partial charge is 0.281 e. The number of hydrogen-bond donors (Lipinski definition) is 0. The van der Waals surface area contributed by atoms with E-state index in [9.17, 15) is 4.39 Å². The third-order valence-corrected chi connectivity index (χ3v) is 1.74. The maximum atomic E-state index is 13.0. The van der Waals surface area contributed by atoms with Crippen molar-refractivity contribution in [1.29, 1.82) is 0 Å². The summed E-state index contributed by atoms with van der Waals surface area (Å²) in [5, 5.41) is 1.64. The SMILES string of the molecule is Fc1cccc2ccccc12.[C]=O.[C]=O.[C]=O.[Cr]. The van der Waals surface area contributed by atoms with Crippen LogP contribution in [0.3, 0.4) is 0 Å². The van der Waals surface area contributed by atoms with Gasteiger partial charge in [0.1, 0.15) is 5.82 Å². The van der Waals surface area contributed by atoms with Gasteiger partial charge in [0, 0.05) is 22.7 Å². The minimum absolute atomic E-state index is 0. The van der Waals surface area contributed by atoms with Crippen LogP contribution in [0.4, 0.5) is 4.39 Å². The van der Waals surface area contributed by atoms with Crippen molar-refractivity contribution < 1.29 is 36.1 Å². The zero-order valence-electron chi connectivity index (χ0n) is 9.05. The Balaban J connectivity index is -0.000000285. The van der Waals surface area contributed by atoms with Gasteiger partial charge in [0.15, 0.2) is 0 Å².